The molecule has 1 aliphatic heterocycles. The molecule has 27 heavy (non-hydrogen) atoms. The lowest BCUT2D eigenvalue weighted by atomic mass is 10.0. The van der Waals surface area contributed by atoms with Crippen LogP contribution in [0, 0.1) is 0 Å². The molecule has 0 saturated carbocycles. The minimum Gasteiger partial charge on any atom is -0.482 e. The summed E-state index contributed by atoms with van der Waals surface area (Å²) in [5, 5.41) is 0. The van der Waals surface area contributed by atoms with Crippen molar-refractivity contribution in [3.05, 3.63) is 73.0 Å². The Kier molecular flexibility index (Phi) is 5.98. The van der Waals surface area contributed by atoms with Crippen LogP contribution in [0.1, 0.15) is 6.92 Å². The van der Waals surface area contributed by atoms with Gasteiger partial charge >= 0.3 is 5.97 Å². The van der Waals surface area contributed by atoms with Crippen LogP contribution in [0.3, 0.4) is 0 Å². The zero-order valence-electron chi connectivity index (χ0n) is 15.2. The molecular formula is C21H22O6. The van der Waals surface area contributed by atoms with E-state index in [4.69, 9.17) is 23.7 Å². The number of benzene rings is 2. The number of esters is 1. The Balaban J connectivity index is 1.94. The van der Waals surface area contributed by atoms with Gasteiger partial charge in [-0.05, 0) is 24.3 Å². The van der Waals surface area contributed by atoms with E-state index in [-0.39, 0.29) is 5.76 Å². The zero-order valence-corrected chi connectivity index (χ0v) is 15.2. The maximum atomic E-state index is 11.6. The highest BCUT2D eigenvalue weighted by Crippen LogP contribution is 2.32. The number of hydrogen-bond donors (Lipinski definition) is 0. The van der Waals surface area contributed by atoms with Gasteiger partial charge in [0.05, 0.1) is 0 Å². The summed E-state index contributed by atoms with van der Waals surface area (Å²) in [7, 11) is 1.50. The van der Waals surface area contributed by atoms with Crippen molar-refractivity contribution in [3.8, 4) is 11.5 Å². The van der Waals surface area contributed by atoms with E-state index in [0.29, 0.717) is 11.5 Å². The fourth-order valence-corrected chi connectivity index (χ4v) is 2.85. The first kappa shape index (κ1) is 18.8. The van der Waals surface area contributed by atoms with Gasteiger partial charge in [0.15, 0.2) is 12.2 Å². The monoisotopic (exact) mass is 370 g/mol. The predicted molar refractivity (Wildman–Crippen MR) is 98.3 cm³/mol. The minimum atomic E-state index is -0.845. The molecule has 0 unspecified atom stereocenters. The summed E-state index contributed by atoms with van der Waals surface area (Å²) in [6.07, 6.45) is -3.05. The fraction of sp³-hybridized carbons (Fsp3) is 0.286. The second-order valence-corrected chi connectivity index (χ2v) is 6.01. The normalized spacial score (nSPS) is 24.6. The average molecular weight is 370 g/mol. The third kappa shape index (κ3) is 4.60. The molecule has 2 aromatic carbocycles. The van der Waals surface area contributed by atoms with Gasteiger partial charge in [-0.2, -0.15) is 0 Å². The van der Waals surface area contributed by atoms with E-state index in [1.165, 1.54) is 14.0 Å². The maximum absolute atomic E-state index is 11.6. The molecule has 0 aromatic heterocycles. The van der Waals surface area contributed by atoms with Crippen molar-refractivity contribution in [1.29, 1.82) is 0 Å². The Hall–Kier alpha value is -2.99. The number of hydrogen-bond acceptors (Lipinski definition) is 6. The highest BCUT2D eigenvalue weighted by atomic mass is 16.7. The number of methoxy groups -OCH3 is 1. The van der Waals surface area contributed by atoms with Crippen LogP contribution < -0.4 is 9.47 Å². The summed E-state index contributed by atoms with van der Waals surface area (Å²) in [5.41, 5.74) is 0. The third-order valence-electron chi connectivity index (χ3n) is 4.03. The SMILES string of the molecule is C=C1O[C@H](OC)[C@H](Oc2ccccc2)[C@@H](Oc2ccccc2)[C@H]1OC(C)=O. The molecule has 1 saturated heterocycles. The number of rotatable bonds is 6. The van der Waals surface area contributed by atoms with Crippen LogP contribution in [0.4, 0.5) is 0 Å². The predicted octanol–water partition coefficient (Wildman–Crippen LogP) is 3.33. The number of carbonyl (C=O) groups excluding carboxylic acids is 1. The molecule has 1 fully saturated rings. The van der Waals surface area contributed by atoms with Gasteiger partial charge in [-0.25, -0.2) is 0 Å². The van der Waals surface area contributed by atoms with E-state index in [1.54, 1.807) is 0 Å². The highest BCUT2D eigenvalue weighted by molar-refractivity contribution is 5.66. The van der Waals surface area contributed by atoms with Crippen molar-refractivity contribution in [2.24, 2.45) is 0 Å². The summed E-state index contributed by atoms with van der Waals surface area (Å²) >= 11 is 0. The van der Waals surface area contributed by atoms with Crippen LogP contribution in [0.2, 0.25) is 0 Å². The van der Waals surface area contributed by atoms with Crippen LogP contribution >= 0.6 is 0 Å². The van der Waals surface area contributed by atoms with Crippen LogP contribution in [-0.4, -0.2) is 37.7 Å². The van der Waals surface area contributed by atoms with Gasteiger partial charge in [-0.15, -0.1) is 0 Å². The molecule has 1 aliphatic rings. The van der Waals surface area contributed by atoms with Gasteiger partial charge in [0, 0.05) is 14.0 Å². The Labute approximate surface area is 158 Å². The maximum Gasteiger partial charge on any atom is 0.303 e. The van der Waals surface area contributed by atoms with Gasteiger partial charge < -0.3 is 23.7 Å². The Morgan fingerprint density at radius 1 is 0.926 bits per heavy atom. The van der Waals surface area contributed by atoms with Gasteiger partial charge in [-0.3, -0.25) is 4.79 Å². The standard InChI is InChI=1S/C21H22O6/c1-14-18(25-15(2)22)19(26-16-10-6-4-7-11-16)20(21(23-3)24-14)27-17-12-8-5-9-13-17/h4-13,18-21H,1H2,2-3H3/t18-,19-,20+,21-/m0/s1. The Bertz CT molecular complexity index is 761. The first-order chi connectivity index (χ1) is 13.1. The van der Waals surface area contributed by atoms with Crippen molar-refractivity contribution in [2.75, 3.05) is 7.11 Å². The Morgan fingerprint density at radius 2 is 1.44 bits per heavy atom. The van der Waals surface area contributed by atoms with Crippen molar-refractivity contribution < 1.29 is 28.5 Å². The van der Waals surface area contributed by atoms with Crippen molar-refractivity contribution in [1.82, 2.24) is 0 Å². The molecule has 3 rings (SSSR count). The molecule has 0 aliphatic carbocycles. The van der Waals surface area contributed by atoms with Gasteiger partial charge in [-0.1, -0.05) is 43.0 Å². The number of carbonyl (C=O) groups is 1. The fourth-order valence-electron chi connectivity index (χ4n) is 2.85. The first-order valence-corrected chi connectivity index (χ1v) is 8.57. The second kappa shape index (κ2) is 8.60. The highest BCUT2D eigenvalue weighted by Gasteiger charge is 2.49. The lowest BCUT2D eigenvalue weighted by molar-refractivity contribution is -0.228. The van der Waals surface area contributed by atoms with Crippen LogP contribution in [-0.2, 0) is 19.0 Å². The zero-order chi connectivity index (χ0) is 19.2. The third-order valence-corrected chi connectivity index (χ3v) is 4.03. The van der Waals surface area contributed by atoms with Crippen LogP contribution in [0.15, 0.2) is 73.0 Å². The molecule has 0 N–H and O–H groups in total. The van der Waals surface area contributed by atoms with Gasteiger partial charge in [0.25, 0.3) is 0 Å². The second-order valence-electron chi connectivity index (χ2n) is 6.01. The van der Waals surface area contributed by atoms with Gasteiger partial charge in [0.2, 0.25) is 12.4 Å². The molecule has 0 amide bonds. The minimum absolute atomic E-state index is 0.242. The molecule has 142 valence electrons. The van der Waals surface area contributed by atoms with Gasteiger partial charge in [0.1, 0.15) is 17.3 Å². The van der Waals surface area contributed by atoms with Crippen LogP contribution in [0.25, 0.3) is 0 Å². The van der Waals surface area contributed by atoms with E-state index in [2.05, 4.69) is 6.58 Å². The molecule has 0 radical (unpaired) electrons. The molecular weight excluding hydrogens is 348 g/mol. The lowest BCUT2D eigenvalue weighted by Gasteiger charge is -2.41. The summed E-state index contributed by atoms with van der Waals surface area (Å²) < 4.78 is 28.8. The quantitative estimate of drug-likeness (QED) is 0.727. The van der Waals surface area contributed by atoms with Crippen molar-refractivity contribution in [2.45, 2.75) is 31.5 Å². The van der Waals surface area contributed by atoms with E-state index in [0.717, 1.165) is 0 Å². The molecule has 4 atom stereocenters. The smallest absolute Gasteiger partial charge is 0.303 e. The molecule has 6 heteroatoms. The molecule has 0 bridgehead atoms. The van der Waals surface area contributed by atoms with Crippen LogP contribution in [0.5, 0.6) is 11.5 Å². The summed E-state index contributed by atoms with van der Waals surface area (Å²) in [6, 6.07) is 18.4. The van der Waals surface area contributed by atoms with E-state index in [1.807, 2.05) is 60.7 Å². The van der Waals surface area contributed by atoms with Crippen molar-refractivity contribution >= 4 is 5.97 Å². The molecule has 6 nitrogen and oxygen atoms in total. The van der Waals surface area contributed by atoms with Crippen molar-refractivity contribution in [3.63, 3.8) is 0 Å². The molecule has 2 aromatic rings. The topological polar surface area (TPSA) is 63.2 Å². The lowest BCUT2D eigenvalue weighted by Crippen LogP contribution is -2.58. The number of ether oxygens (including phenoxy) is 5. The first-order valence-electron chi connectivity index (χ1n) is 8.57. The van der Waals surface area contributed by atoms with E-state index in [9.17, 15) is 4.79 Å². The van der Waals surface area contributed by atoms with E-state index < -0.39 is 30.6 Å². The summed E-state index contributed by atoms with van der Waals surface area (Å²) in [6.45, 7) is 5.19. The van der Waals surface area contributed by atoms with E-state index >= 15 is 0 Å². The summed E-state index contributed by atoms with van der Waals surface area (Å²) in [4.78, 5) is 11.6. The average Bonchev–Trinajstić information content (AvgIpc) is 2.68. The molecule has 0 spiro atoms. The number of para-hydroxylation sites is 2. The summed E-state index contributed by atoms with van der Waals surface area (Å²) in [5.74, 6) is 0.987. The Morgan fingerprint density at radius 3 is 1.93 bits per heavy atom. The molecule has 1 heterocycles. The largest absolute Gasteiger partial charge is 0.482 e.